The number of pyridine rings is 1. The smallest absolute Gasteiger partial charge is 0.310 e. The first-order valence-corrected chi connectivity index (χ1v) is 13.4. The van der Waals surface area contributed by atoms with E-state index in [1.807, 2.05) is 84.5 Å². The zero-order valence-electron chi connectivity index (χ0n) is 20.3. The van der Waals surface area contributed by atoms with Crippen molar-refractivity contribution in [3.8, 4) is 5.69 Å². The van der Waals surface area contributed by atoms with Crippen LogP contribution in [0.25, 0.3) is 5.69 Å². The van der Waals surface area contributed by atoms with Crippen molar-refractivity contribution >= 4 is 34.9 Å². The second kappa shape index (κ2) is 13.5. The maximum absolute atomic E-state index is 13.6. The van der Waals surface area contributed by atoms with Gasteiger partial charge < -0.3 is 21.7 Å². The third-order valence-corrected chi connectivity index (χ3v) is 8.02. The fourth-order valence-electron chi connectivity index (χ4n) is 3.77. The van der Waals surface area contributed by atoms with Crippen LogP contribution >= 0.6 is 23.1 Å². The molecule has 0 aliphatic heterocycles. The zero-order valence-corrected chi connectivity index (χ0v) is 23.5. The van der Waals surface area contributed by atoms with Crippen LogP contribution in [0.15, 0.2) is 89.4 Å². The Bertz CT molecular complexity index is 1290. The standard InChI is InChI=1S/C29H28NO3S2.BrH/c1-3-33-25(31)20-24-26(30-17-14-21(2)15-18-30)29(34-19-16-22-10-6-4-7-11-22)35-28(24)27(32)23-12-8-5-9-13-23;/h4-15,17-18H,3,16,19-20H2,1-2H3;1H/q+1;/p-1. The Morgan fingerprint density at radius 2 is 1.58 bits per heavy atom. The fraction of sp³-hybridized carbons (Fsp3) is 0.207. The molecule has 4 nitrogen and oxygen atoms in total. The molecule has 0 N–H and O–H groups in total. The van der Waals surface area contributed by atoms with Crippen LogP contribution in [0, 0.1) is 6.92 Å². The summed E-state index contributed by atoms with van der Waals surface area (Å²) >= 11 is 3.19. The average Bonchev–Trinajstić information content (AvgIpc) is 3.23. The van der Waals surface area contributed by atoms with Gasteiger partial charge >= 0.3 is 5.97 Å². The van der Waals surface area contributed by atoms with E-state index in [0.717, 1.165) is 33.2 Å². The van der Waals surface area contributed by atoms with E-state index in [1.54, 1.807) is 18.7 Å². The Hall–Kier alpha value is -2.74. The van der Waals surface area contributed by atoms with Gasteiger partial charge in [-0.1, -0.05) is 60.7 Å². The van der Waals surface area contributed by atoms with Gasteiger partial charge in [0.2, 0.25) is 11.5 Å². The maximum atomic E-state index is 13.6. The zero-order chi connectivity index (χ0) is 24.6. The van der Waals surface area contributed by atoms with Crippen LogP contribution in [-0.2, 0) is 22.4 Å². The van der Waals surface area contributed by atoms with Gasteiger partial charge in [-0.15, -0.1) is 23.1 Å². The summed E-state index contributed by atoms with van der Waals surface area (Å²) in [6, 6.07) is 23.7. The van der Waals surface area contributed by atoms with E-state index in [2.05, 4.69) is 12.1 Å². The van der Waals surface area contributed by atoms with Crippen molar-refractivity contribution in [2.24, 2.45) is 0 Å². The Kier molecular flexibility index (Phi) is 10.5. The Balaban J connectivity index is 0.00000361. The normalized spacial score (nSPS) is 10.5. The summed E-state index contributed by atoms with van der Waals surface area (Å²) in [5.41, 5.74) is 4.63. The van der Waals surface area contributed by atoms with E-state index in [-0.39, 0.29) is 35.2 Å². The summed E-state index contributed by atoms with van der Waals surface area (Å²) in [6.45, 7) is 4.13. The number of aromatic nitrogens is 1. The number of carbonyl (C=O) groups excluding carboxylic acids is 2. The number of thiophene rings is 1. The van der Waals surface area contributed by atoms with Crippen LogP contribution in [0.4, 0.5) is 0 Å². The molecular formula is C29H28BrNO3S2. The lowest BCUT2D eigenvalue weighted by Gasteiger charge is -2.06. The molecule has 2 heterocycles. The van der Waals surface area contributed by atoms with Crippen LogP contribution in [0.3, 0.4) is 0 Å². The van der Waals surface area contributed by atoms with Gasteiger partial charge in [0.1, 0.15) is 4.21 Å². The third-order valence-electron chi connectivity index (χ3n) is 5.54. The predicted molar refractivity (Wildman–Crippen MR) is 142 cm³/mol. The topological polar surface area (TPSA) is 47.3 Å². The number of ether oxygens (including phenoxy) is 1. The molecule has 2 aromatic carbocycles. The van der Waals surface area contributed by atoms with Crippen molar-refractivity contribution < 1.29 is 35.9 Å². The summed E-state index contributed by atoms with van der Waals surface area (Å²) in [5, 5.41) is 0. The largest absolute Gasteiger partial charge is 1.00 e. The van der Waals surface area contributed by atoms with E-state index < -0.39 is 0 Å². The summed E-state index contributed by atoms with van der Waals surface area (Å²) in [4.78, 5) is 26.8. The highest BCUT2D eigenvalue weighted by atomic mass is 79.9. The number of esters is 1. The Labute approximate surface area is 231 Å². The molecule has 0 saturated carbocycles. The molecule has 0 unspecified atom stereocenters. The molecule has 4 rings (SSSR count). The number of hydrogen-bond acceptors (Lipinski definition) is 5. The molecule has 0 aliphatic rings. The monoisotopic (exact) mass is 581 g/mol. The minimum atomic E-state index is -0.331. The van der Waals surface area contributed by atoms with Crippen molar-refractivity contribution in [2.75, 3.05) is 12.4 Å². The van der Waals surface area contributed by atoms with E-state index in [9.17, 15) is 9.59 Å². The number of thioether (sulfide) groups is 1. The molecule has 0 fully saturated rings. The van der Waals surface area contributed by atoms with E-state index >= 15 is 0 Å². The van der Waals surface area contributed by atoms with Gasteiger partial charge in [-0.2, -0.15) is 4.57 Å². The lowest BCUT2D eigenvalue weighted by atomic mass is 10.0. The van der Waals surface area contributed by atoms with Gasteiger partial charge in [0.05, 0.1) is 23.5 Å². The lowest BCUT2D eigenvalue weighted by Crippen LogP contribution is -3.00. The van der Waals surface area contributed by atoms with E-state index in [1.165, 1.54) is 16.9 Å². The van der Waals surface area contributed by atoms with Crippen molar-refractivity contribution in [1.29, 1.82) is 0 Å². The first-order valence-electron chi connectivity index (χ1n) is 11.6. The van der Waals surface area contributed by atoms with Crippen molar-refractivity contribution in [1.82, 2.24) is 0 Å². The van der Waals surface area contributed by atoms with Gasteiger partial charge in [0.25, 0.3) is 0 Å². The van der Waals surface area contributed by atoms with Gasteiger partial charge in [0.15, 0.2) is 12.4 Å². The molecule has 2 aromatic heterocycles. The van der Waals surface area contributed by atoms with Crippen LogP contribution in [-0.4, -0.2) is 24.1 Å². The first kappa shape index (κ1) is 27.8. The van der Waals surface area contributed by atoms with Crippen molar-refractivity contribution in [3.63, 3.8) is 0 Å². The lowest BCUT2D eigenvalue weighted by molar-refractivity contribution is -0.598. The maximum Gasteiger partial charge on any atom is 0.310 e. The summed E-state index contributed by atoms with van der Waals surface area (Å²) in [6.07, 6.45) is 4.94. The molecule has 0 spiro atoms. The van der Waals surface area contributed by atoms with Crippen LogP contribution in [0.5, 0.6) is 0 Å². The number of ketones is 1. The number of nitrogens with zero attached hydrogens (tertiary/aromatic N) is 1. The van der Waals surface area contributed by atoms with Crippen molar-refractivity contribution in [2.45, 2.75) is 30.9 Å². The number of hydrogen-bond donors (Lipinski definition) is 0. The quantitative estimate of drug-likeness (QED) is 0.125. The molecule has 0 atom stereocenters. The number of carbonyl (C=O) groups is 2. The number of rotatable bonds is 10. The second-order valence-electron chi connectivity index (χ2n) is 8.09. The van der Waals surface area contributed by atoms with E-state index in [4.69, 9.17) is 4.74 Å². The predicted octanol–water partition coefficient (Wildman–Crippen LogP) is 3.01. The minimum Gasteiger partial charge on any atom is -1.00 e. The molecule has 0 radical (unpaired) electrons. The summed E-state index contributed by atoms with van der Waals surface area (Å²) in [7, 11) is 0. The second-order valence-corrected chi connectivity index (χ2v) is 10.5. The van der Waals surface area contributed by atoms with Crippen LogP contribution in [0.2, 0.25) is 0 Å². The highest BCUT2D eigenvalue weighted by Crippen LogP contribution is 2.38. The number of benzene rings is 2. The van der Waals surface area contributed by atoms with Gasteiger partial charge in [-0.25, -0.2) is 0 Å². The highest BCUT2D eigenvalue weighted by molar-refractivity contribution is 8.01. The number of aryl methyl sites for hydroxylation is 2. The highest BCUT2D eigenvalue weighted by Gasteiger charge is 2.31. The molecule has 4 aromatic rings. The molecule has 0 bridgehead atoms. The van der Waals surface area contributed by atoms with Crippen LogP contribution in [0.1, 0.15) is 38.8 Å². The fourth-order valence-corrected chi connectivity index (χ4v) is 6.41. The SMILES string of the molecule is CCOC(=O)Cc1c(C(=O)c2ccccc2)sc(SCCc2ccccc2)c1-[n+]1ccc(C)cc1.[Br-]. The molecule has 186 valence electrons. The van der Waals surface area contributed by atoms with Crippen LogP contribution < -0.4 is 21.5 Å². The van der Waals surface area contributed by atoms with Crippen molar-refractivity contribution in [3.05, 3.63) is 112 Å². The molecule has 7 heteroatoms. The minimum absolute atomic E-state index is 0. The molecule has 0 amide bonds. The van der Waals surface area contributed by atoms with E-state index in [0.29, 0.717) is 17.0 Å². The molecule has 0 aliphatic carbocycles. The first-order chi connectivity index (χ1) is 17.1. The Morgan fingerprint density at radius 3 is 2.22 bits per heavy atom. The van der Waals surface area contributed by atoms with Gasteiger partial charge in [0, 0.05) is 23.4 Å². The average molecular weight is 583 g/mol. The number of halogens is 1. The molecular weight excluding hydrogens is 554 g/mol. The summed E-state index contributed by atoms with van der Waals surface area (Å²) < 4.78 is 8.32. The van der Waals surface area contributed by atoms with Gasteiger partial charge in [-0.3, -0.25) is 9.59 Å². The molecule has 36 heavy (non-hydrogen) atoms. The third kappa shape index (κ3) is 6.93. The van der Waals surface area contributed by atoms with Gasteiger partial charge in [-0.05, 0) is 31.4 Å². The molecule has 0 saturated heterocycles. The Morgan fingerprint density at radius 1 is 0.944 bits per heavy atom. The summed E-state index contributed by atoms with van der Waals surface area (Å²) in [5.74, 6) is 0.461.